The van der Waals surface area contributed by atoms with Gasteiger partial charge >= 0.3 is 0 Å². The smallest absolute Gasteiger partial charge is 0.0939 e. The van der Waals surface area contributed by atoms with E-state index in [0.717, 1.165) is 55.9 Å². The highest BCUT2D eigenvalue weighted by molar-refractivity contribution is 7.18. The predicted octanol–water partition coefficient (Wildman–Crippen LogP) is 5.63. The maximum atomic E-state index is 11.6. The van der Waals surface area contributed by atoms with Gasteiger partial charge in [0.15, 0.2) is 0 Å². The Morgan fingerprint density at radius 1 is 1.06 bits per heavy atom. The molecule has 0 saturated heterocycles. The Hall–Kier alpha value is -1.08. The van der Waals surface area contributed by atoms with Gasteiger partial charge in [0.05, 0.1) is 33.5 Å². The number of hydrogen-bond acceptors (Lipinski definition) is 6. The van der Waals surface area contributed by atoms with Gasteiger partial charge in [0.1, 0.15) is 0 Å². The maximum absolute atomic E-state index is 11.6. The van der Waals surface area contributed by atoms with Crippen molar-refractivity contribution in [2.75, 3.05) is 7.11 Å². The molecule has 0 aromatic carbocycles. The van der Waals surface area contributed by atoms with Crippen molar-refractivity contribution >= 4 is 21.6 Å². The first-order valence-corrected chi connectivity index (χ1v) is 15.3. The molecule has 5 saturated carbocycles. The Kier molecular flexibility index (Phi) is 5.81. The summed E-state index contributed by atoms with van der Waals surface area (Å²) in [5.74, 6) is 3.42. The van der Waals surface area contributed by atoms with E-state index in [0.29, 0.717) is 29.8 Å². The zero-order chi connectivity index (χ0) is 24.7. The average Bonchev–Trinajstić information content (AvgIpc) is 3.55. The van der Waals surface area contributed by atoms with Crippen LogP contribution in [0, 0.1) is 46.3 Å². The highest BCUT2D eigenvalue weighted by Gasteiger charge is 2.69. The summed E-state index contributed by atoms with van der Waals surface area (Å²) in [5.41, 5.74) is 1.57. The van der Waals surface area contributed by atoms with Crippen LogP contribution in [0.2, 0.25) is 0 Å². The van der Waals surface area contributed by atoms with Crippen LogP contribution in [0.25, 0.3) is 10.2 Å². The minimum Gasteiger partial charge on any atom is -0.393 e. The number of hydrogen-bond donors (Lipinski definition) is 2. The summed E-state index contributed by atoms with van der Waals surface area (Å²) in [6.45, 7) is 2.50. The molecule has 0 aliphatic heterocycles. The molecule has 7 rings (SSSR count). The standard InChI is InChI=1S/C30H42N2O3S/c1-29-10-8-19(33)13-18(29)14-24(34)28-21-5-4-20-17(7-11-30(20,21)26(35-2)15-22(28)29)3-6-27-32-23-9-12-31-16-25(23)36-27/h9,12,16-22,24,26,28,33-34H,3-8,10-11,13-15H2,1-2H3/t17?,18-,19+,20+,21-,22-,24+,26-,28-,29-,30+/m0/s1. The second-order valence-corrected chi connectivity index (χ2v) is 14.4. The molecule has 196 valence electrons. The van der Waals surface area contributed by atoms with E-state index >= 15 is 0 Å². The van der Waals surface area contributed by atoms with Gasteiger partial charge in [-0.1, -0.05) is 6.92 Å². The lowest BCUT2D eigenvalue weighted by atomic mass is 9.43. The summed E-state index contributed by atoms with van der Waals surface area (Å²) in [6.07, 6.45) is 16.0. The van der Waals surface area contributed by atoms with Gasteiger partial charge < -0.3 is 14.9 Å². The van der Waals surface area contributed by atoms with Crippen LogP contribution in [0.5, 0.6) is 0 Å². The van der Waals surface area contributed by atoms with Gasteiger partial charge in [0.25, 0.3) is 0 Å². The van der Waals surface area contributed by atoms with Crippen LogP contribution in [-0.2, 0) is 11.2 Å². The van der Waals surface area contributed by atoms with E-state index in [9.17, 15) is 10.2 Å². The third kappa shape index (κ3) is 3.36. The molecule has 11 atom stereocenters. The normalized spacial score (nSPS) is 47.8. The lowest BCUT2D eigenvalue weighted by molar-refractivity contribution is -0.211. The highest BCUT2D eigenvalue weighted by atomic mass is 32.1. The molecule has 0 radical (unpaired) electrons. The van der Waals surface area contributed by atoms with E-state index < -0.39 is 0 Å². The molecule has 1 spiro atoms. The first-order chi connectivity index (χ1) is 17.4. The van der Waals surface area contributed by atoms with Crippen molar-refractivity contribution in [3.63, 3.8) is 0 Å². The van der Waals surface area contributed by atoms with E-state index in [1.54, 1.807) is 0 Å². The van der Waals surface area contributed by atoms with E-state index in [4.69, 9.17) is 9.72 Å². The third-order valence-electron chi connectivity index (χ3n) is 12.3. The Morgan fingerprint density at radius 2 is 1.92 bits per heavy atom. The van der Waals surface area contributed by atoms with Gasteiger partial charge in [-0.15, -0.1) is 11.3 Å². The molecule has 1 unspecified atom stereocenters. The Bertz CT molecular complexity index is 1090. The van der Waals surface area contributed by atoms with Crippen LogP contribution >= 0.6 is 11.3 Å². The van der Waals surface area contributed by atoms with Crippen molar-refractivity contribution in [2.45, 2.75) is 95.9 Å². The molecule has 5 fully saturated rings. The fourth-order valence-corrected chi connectivity index (χ4v) is 11.7. The molecule has 36 heavy (non-hydrogen) atoms. The zero-order valence-electron chi connectivity index (χ0n) is 21.8. The molecule has 0 bridgehead atoms. The fraction of sp³-hybridized carbons (Fsp3) is 0.800. The number of thiazole rings is 1. The van der Waals surface area contributed by atoms with Gasteiger partial charge in [-0.25, -0.2) is 4.98 Å². The summed E-state index contributed by atoms with van der Waals surface area (Å²) in [5, 5.41) is 23.3. The lowest BCUT2D eigenvalue weighted by Crippen LogP contribution is -2.62. The first kappa shape index (κ1) is 24.0. The molecule has 0 amide bonds. The number of nitrogens with zero attached hydrogens (tertiary/aromatic N) is 2. The van der Waals surface area contributed by atoms with Gasteiger partial charge in [0.2, 0.25) is 0 Å². The Balaban J connectivity index is 1.14. The number of aliphatic hydroxyl groups is 2. The topological polar surface area (TPSA) is 75.5 Å². The van der Waals surface area contributed by atoms with Crippen LogP contribution in [0.4, 0.5) is 0 Å². The summed E-state index contributed by atoms with van der Waals surface area (Å²) in [4.78, 5) is 9.15. The predicted molar refractivity (Wildman–Crippen MR) is 142 cm³/mol. The van der Waals surface area contributed by atoms with Gasteiger partial charge in [-0.3, -0.25) is 4.98 Å². The average molecular weight is 511 g/mol. The number of rotatable bonds is 4. The van der Waals surface area contributed by atoms with Crippen molar-refractivity contribution in [1.82, 2.24) is 9.97 Å². The summed E-state index contributed by atoms with van der Waals surface area (Å²) in [7, 11) is 1.96. The number of fused-ring (bicyclic) bond motifs is 5. The second-order valence-electron chi connectivity index (χ2n) is 13.3. The number of aliphatic hydroxyl groups excluding tert-OH is 2. The summed E-state index contributed by atoms with van der Waals surface area (Å²) < 4.78 is 7.64. The van der Waals surface area contributed by atoms with E-state index in [1.165, 1.54) is 41.8 Å². The molecule has 6 heteroatoms. The van der Waals surface area contributed by atoms with Crippen LogP contribution in [-0.4, -0.2) is 45.6 Å². The fourth-order valence-electron chi connectivity index (χ4n) is 10.8. The third-order valence-corrected chi connectivity index (χ3v) is 13.3. The molecule has 5 nitrogen and oxygen atoms in total. The SMILES string of the molecule is CO[C@H]1C[C@H]2[C@@H]([C@H](O)C[C@@H]3C[C@H](O)CC[C@@]32C)[C@@H]2CC[C@@H]3C(CCc4nc5ccncc5s4)CC[C@@]132. The Morgan fingerprint density at radius 3 is 2.75 bits per heavy atom. The van der Waals surface area contributed by atoms with Gasteiger partial charge in [0, 0.05) is 24.9 Å². The van der Waals surface area contributed by atoms with Crippen molar-refractivity contribution < 1.29 is 14.9 Å². The molecular formula is C30H42N2O3S. The van der Waals surface area contributed by atoms with Crippen LogP contribution in [0.15, 0.2) is 18.5 Å². The van der Waals surface area contributed by atoms with E-state index in [-0.39, 0.29) is 23.0 Å². The van der Waals surface area contributed by atoms with Crippen LogP contribution in [0.3, 0.4) is 0 Å². The number of aromatic nitrogens is 2. The van der Waals surface area contributed by atoms with Crippen molar-refractivity contribution in [3.05, 3.63) is 23.5 Å². The zero-order valence-corrected chi connectivity index (χ0v) is 22.6. The first-order valence-electron chi connectivity index (χ1n) is 14.5. The van der Waals surface area contributed by atoms with Gasteiger partial charge in [-0.2, -0.15) is 0 Å². The van der Waals surface area contributed by atoms with Crippen molar-refractivity contribution in [2.24, 2.45) is 46.3 Å². The monoisotopic (exact) mass is 510 g/mol. The largest absolute Gasteiger partial charge is 0.393 e. The lowest BCUT2D eigenvalue weighted by Gasteiger charge is -2.64. The number of ether oxygens (including phenoxy) is 1. The van der Waals surface area contributed by atoms with Gasteiger partial charge in [-0.05, 0) is 118 Å². The molecule has 2 aromatic heterocycles. The quantitative estimate of drug-likeness (QED) is 0.558. The van der Waals surface area contributed by atoms with E-state index in [1.807, 2.05) is 36.9 Å². The number of pyridine rings is 1. The minimum absolute atomic E-state index is 0.182. The summed E-state index contributed by atoms with van der Waals surface area (Å²) >= 11 is 1.81. The number of aryl methyl sites for hydroxylation is 1. The molecule has 5 aliphatic rings. The molecule has 2 heterocycles. The Labute approximate surface area is 219 Å². The second kappa shape index (κ2) is 8.72. The van der Waals surface area contributed by atoms with E-state index in [2.05, 4.69) is 11.9 Å². The maximum Gasteiger partial charge on any atom is 0.0939 e. The number of methoxy groups -OCH3 is 1. The van der Waals surface area contributed by atoms with Crippen molar-refractivity contribution in [3.8, 4) is 0 Å². The van der Waals surface area contributed by atoms with Crippen LogP contribution < -0.4 is 0 Å². The van der Waals surface area contributed by atoms with Crippen LogP contribution in [0.1, 0.15) is 76.1 Å². The molecule has 5 aliphatic carbocycles. The highest BCUT2D eigenvalue weighted by Crippen LogP contribution is 2.72. The van der Waals surface area contributed by atoms with Crippen molar-refractivity contribution in [1.29, 1.82) is 0 Å². The molecular weight excluding hydrogens is 468 g/mol. The minimum atomic E-state index is -0.216. The molecule has 2 aromatic rings. The molecule has 2 N–H and O–H groups in total. The summed E-state index contributed by atoms with van der Waals surface area (Å²) in [6, 6.07) is 2.02.